The van der Waals surface area contributed by atoms with E-state index in [4.69, 9.17) is 18.9 Å². The summed E-state index contributed by atoms with van der Waals surface area (Å²) in [5, 5.41) is 10.6. The summed E-state index contributed by atoms with van der Waals surface area (Å²) in [6.45, 7) is 6.66. The second-order valence-electron chi connectivity index (χ2n) is 7.71. The summed E-state index contributed by atoms with van der Waals surface area (Å²) >= 11 is 0. The Balaban J connectivity index is 2.01. The van der Waals surface area contributed by atoms with Gasteiger partial charge >= 0.3 is 0 Å². The molecule has 6 heteroatoms. The van der Waals surface area contributed by atoms with Crippen molar-refractivity contribution in [2.75, 3.05) is 41.0 Å². The maximum atomic E-state index is 10.6. The van der Waals surface area contributed by atoms with E-state index < -0.39 is 6.10 Å². The summed E-state index contributed by atoms with van der Waals surface area (Å²) in [4.78, 5) is 2.24. The highest BCUT2D eigenvalue weighted by molar-refractivity contribution is 5.46. The van der Waals surface area contributed by atoms with Crippen LogP contribution in [0.5, 0.6) is 23.0 Å². The molecular formula is C24H35NO5. The van der Waals surface area contributed by atoms with Gasteiger partial charge in [-0.2, -0.15) is 0 Å². The smallest absolute Gasteiger partial charge is 0.165 e. The molecular weight excluding hydrogens is 382 g/mol. The van der Waals surface area contributed by atoms with Crippen molar-refractivity contribution in [2.24, 2.45) is 5.92 Å². The highest BCUT2D eigenvalue weighted by Crippen LogP contribution is 2.31. The summed E-state index contributed by atoms with van der Waals surface area (Å²) < 4.78 is 21.9. The molecule has 6 nitrogen and oxygen atoms in total. The van der Waals surface area contributed by atoms with E-state index in [9.17, 15) is 5.11 Å². The van der Waals surface area contributed by atoms with Crippen LogP contribution in [0.25, 0.3) is 0 Å². The molecule has 0 aromatic heterocycles. The second-order valence-corrected chi connectivity index (χ2v) is 7.71. The maximum absolute atomic E-state index is 10.6. The van der Waals surface area contributed by atoms with Gasteiger partial charge in [0.2, 0.25) is 0 Å². The van der Waals surface area contributed by atoms with Crippen molar-refractivity contribution in [2.45, 2.75) is 32.9 Å². The van der Waals surface area contributed by atoms with Crippen LogP contribution in [0, 0.1) is 5.92 Å². The van der Waals surface area contributed by atoms with Gasteiger partial charge in [0.05, 0.1) is 21.3 Å². The average Bonchev–Trinajstić information content (AvgIpc) is 2.76. The van der Waals surface area contributed by atoms with Crippen LogP contribution < -0.4 is 18.9 Å². The fourth-order valence-electron chi connectivity index (χ4n) is 3.21. The highest BCUT2D eigenvalue weighted by Gasteiger charge is 2.17. The maximum Gasteiger partial charge on any atom is 0.165 e. The van der Waals surface area contributed by atoms with Gasteiger partial charge in [0, 0.05) is 18.7 Å². The molecule has 1 N–H and O–H groups in total. The molecule has 2 aromatic rings. The Morgan fingerprint density at radius 2 is 1.60 bits per heavy atom. The molecule has 2 aromatic carbocycles. The lowest BCUT2D eigenvalue weighted by atomic mass is 10.1. The summed E-state index contributed by atoms with van der Waals surface area (Å²) in [6, 6.07) is 13.2. The van der Waals surface area contributed by atoms with Crippen molar-refractivity contribution >= 4 is 0 Å². The van der Waals surface area contributed by atoms with Crippen LogP contribution in [0.15, 0.2) is 42.5 Å². The average molecular weight is 418 g/mol. The third-order valence-electron chi connectivity index (χ3n) is 4.87. The monoisotopic (exact) mass is 417 g/mol. The summed E-state index contributed by atoms with van der Waals surface area (Å²) in [5.74, 6) is 3.50. The minimum absolute atomic E-state index is 0.222. The highest BCUT2D eigenvalue weighted by atomic mass is 16.5. The third-order valence-corrected chi connectivity index (χ3v) is 4.87. The van der Waals surface area contributed by atoms with E-state index in [1.54, 1.807) is 21.3 Å². The van der Waals surface area contributed by atoms with Crippen LogP contribution in [0.1, 0.15) is 25.8 Å². The number of hydrogen-bond donors (Lipinski definition) is 1. The Hall–Kier alpha value is -2.44. The fraction of sp³-hybridized carbons (Fsp3) is 0.500. The Morgan fingerprint density at radius 1 is 0.900 bits per heavy atom. The van der Waals surface area contributed by atoms with Crippen LogP contribution in [-0.4, -0.2) is 57.1 Å². The quantitative estimate of drug-likeness (QED) is 0.532. The molecule has 166 valence electrons. The molecule has 0 radical (unpaired) electrons. The normalized spacial score (nSPS) is 12.1. The van der Waals surface area contributed by atoms with E-state index in [2.05, 4.69) is 18.7 Å². The zero-order chi connectivity index (χ0) is 21.9. The predicted molar refractivity (Wildman–Crippen MR) is 119 cm³/mol. The van der Waals surface area contributed by atoms with E-state index in [1.165, 1.54) is 0 Å². The number of para-hydroxylation sites is 1. The summed E-state index contributed by atoms with van der Waals surface area (Å²) in [7, 11) is 4.92. The van der Waals surface area contributed by atoms with Crippen LogP contribution in [0.3, 0.4) is 0 Å². The van der Waals surface area contributed by atoms with Gasteiger partial charge in [-0.3, -0.25) is 4.90 Å². The van der Waals surface area contributed by atoms with Crippen molar-refractivity contribution < 1.29 is 24.1 Å². The van der Waals surface area contributed by atoms with E-state index in [0.29, 0.717) is 30.5 Å². The molecule has 0 bridgehead atoms. The zero-order valence-electron chi connectivity index (χ0n) is 18.8. The molecule has 2 rings (SSSR count). The second kappa shape index (κ2) is 12.3. The largest absolute Gasteiger partial charge is 0.497 e. The molecule has 0 heterocycles. The number of ether oxygens (including phenoxy) is 4. The Bertz CT molecular complexity index is 748. The molecule has 0 aliphatic carbocycles. The molecule has 0 saturated heterocycles. The summed E-state index contributed by atoms with van der Waals surface area (Å²) in [6.07, 6.45) is 0.425. The SMILES string of the molecule is COc1ccc(OC[C@@H](O)CN(CCC(C)C)Cc2cccc(OC)c2OC)cc1. The predicted octanol–water partition coefficient (Wildman–Crippen LogP) is 4.00. The molecule has 30 heavy (non-hydrogen) atoms. The number of aliphatic hydroxyl groups is 1. The van der Waals surface area contributed by atoms with E-state index >= 15 is 0 Å². The molecule has 0 fully saturated rings. The molecule has 1 atom stereocenters. The van der Waals surface area contributed by atoms with Crippen LogP contribution in [-0.2, 0) is 6.54 Å². The van der Waals surface area contributed by atoms with Gasteiger partial charge in [-0.1, -0.05) is 26.0 Å². The molecule has 0 saturated carbocycles. The van der Waals surface area contributed by atoms with Crippen molar-refractivity contribution in [3.63, 3.8) is 0 Å². The van der Waals surface area contributed by atoms with Gasteiger partial charge < -0.3 is 24.1 Å². The Morgan fingerprint density at radius 3 is 2.20 bits per heavy atom. The molecule has 0 unspecified atom stereocenters. The van der Waals surface area contributed by atoms with E-state index in [0.717, 1.165) is 30.0 Å². The van der Waals surface area contributed by atoms with E-state index in [1.807, 2.05) is 42.5 Å². The number of methoxy groups -OCH3 is 3. The van der Waals surface area contributed by atoms with Gasteiger partial charge in [-0.25, -0.2) is 0 Å². The van der Waals surface area contributed by atoms with Gasteiger partial charge in [0.25, 0.3) is 0 Å². The first kappa shape index (κ1) is 23.8. The van der Waals surface area contributed by atoms with Crippen LogP contribution in [0.4, 0.5) is 0 Å². The van der Waals surface area contributed by atoms with Crippen LogP contribution >= 0.6 is 0 Å². The molecule has 0 aliphatic heterocycles. The standard InChI is InChI=1S/C24H35NO5/c1-18(2)13-14-25(15-19-7-6-8-23(28-4)24(19)29-5)16-20(26)17-30-22-11-9-21(27-3)10-12-22/h6-12,18,20,26H,13-17H2,1-5H3/t20-/m0/s1. The molecule has 0 aliphatic rings. The first-order valence-electron chi connectivity index (χ1n) is 10.3. The minimum Gasteiger partial charge on any atom is -0.497 e. The number of hydrogen-bond acceptors (Lipinski definition) is 6. The fourth-order valence-corrected chi connectivity index (χ4v) is 3.21. The summed E-state index contributed by atoms with van der Waals surface area (Å²) in [5.41, 5.74) is 1.03. The number of rotatable bonds is 13. The third kappa shape index (κ3) is 7.43. The van der Waals surface area contributed by atoms with E-state index in [-0.39, 0.29) is 6.61 Å². The first-order chi connectivity index (χ1) is 14.5. The Kier molecular flexibility index (Phi) is 9.77. The van der Waals surface area contributed by atoms with Crippen molar-refractivity contribution in [1.82, 2.24) is 4.90 Å². The van der Waals surface area contributed by atoms with Crippen LogP contribution in [0.2, 0.25) is 0 Å². The molecule has 0 amide bonds. The number of nitrogens with zero attached hydrogens (tertiary/aromatic N) is 1. The molecule has 0 spiro atoms. The first-order valence-corrected chi connectivity index (χ1v) is 10.3. The van der Waals surface area contributed by atoms with Gasteiger partial charge in [0.15, 0.2) is 11.5 Å². The topological polar surface area (TPSA) is 60.4 Å². The van der Waals surface area contributed by atoms with Gasteiger partial charge in [-0.05, 0) is 49.2 Å². The Labute approximate surface area is 180 Å². The van der Waals surface area contributed by atoms with Crippen molar-refractivity contribution in [3.05, 3.63) is 48.0 Å². The van der Waals surface area contributed by atoms with Gasteiger partial charge in [0.1, 0.15) is 24.2 Å². The number of aliphatic hydroxyl groups excluding tert-OH is 1. The lowest BCUT2D eigenvalue weighted by Gasteiger charge is -2.27. The number of benzene rings is 2. The van der Waals surface area contributed by atoms with Crippen molar-refractivity contribution in [1.29, 1.82) is 0 Å². The van der Waals surface area contributed by atoms with Gasteiger partial charge in [-0.15, -0.1) is 0 Å². The lowest BCUT2D eigenvalue weighted by Crippen LogP contribution is -2.36. The lowest BCUT2D eigenvalue weighted by molar-refractivity contribution is 0.0636. The zero-order valence-corrected chi connectivity index (χ0v) is 18.8. The van der Waals surface area contributed by atoms with Crippen molar-refractivity contribution in [3.8, 4) is 23.0 Å². The minimum atomic E-state index is -0.615.